The molecule has 27 heavy (non-hydrogen) atoms. The van der Waals surface area contributed by atoms with E-state index in [4.69, 9.17) is 4.74 Å². The molecule has 6 heteroatoms. The van der Waals surface area contributed by atoms with E-state index in [9.17, 15) is 4.79 Å². The molecule has 152 valence electrons. The minimum Gasteiger partial charge on any atom is -0.497 e. The van der Waals surface area contributed by atoms with Crippen LogP contribution < -0.4 is 15.4 Å². The predicted octanol–water partition coefficient (Wildman–Crippen LogP) is 3.01. The molecule has 0 aromatic heterocycles. The summed E-state index contributed by atoms with van der Waals surface area (Å²) in [7, 11) is 3.69. The number of piperidine rings is 1. The van der Waals surface area contributed by atoms with Gasteiger partial charge in [0.25, 0.3) is 0 Å². The summed E-state index contributed by atoms with van der Waals surface area (Å²) in [5.41, 5.74) is 1.19. The molecule has 0 spiro atoms. The minimum absolute atomic E-state index is 0. The first-order chi connectivity index (χ1) is 12.7. The second-order valence-corrected chi connectivity index (χ2v) is 7.77. The lowest BCUT2D eigenvalue weighted by atomic mass is 9.93. The van der Waals surface area contributed by atoms with Crippen LogP contribution in [0.2, 0.25) is 0 Å². The van der Waals surface area contributed by atoms with Gasteiger partial charge >= 0.3 is 0 Å². The fourth-order valence-corrected chi connectivity index (χ4v) is 3.92. The molecule has 1 atom stereocenters. The van der Waals surface area contributed by atoms with Gasteiger partial charge in [0, 0.05) is 0 Å². The molecule has 3 rings (SSSR count). The van der Waals surface area contributed by atoms with E-state index in [-0.39, 0.29) is 24.4 Å². The van der Waals surface area contributed by atoms with E-state index in [0.29, 0.717) is 12.5 Å². The lowest BCUT2D eigenvalue weighted by molar-refractivity contribution is -0.123. The number of carbonyl (C=O) groups excluding carboxylic acids is 1. The van der Waals surface area contributed by atoms with Crippen molar-refractivity contribution in [3.8, 4) is 5.75 Å². The SMILES string of the molecule is CNCCC1CCN(CC(=O)NC(c2ccc(OC)cc2)C2CC2)CC1.Cl. The van der Waals surface area contributed by atoms with Crippen molar-refractivity contribution >= 4 is 18.3 Å². The standard InChI is InChI=1S/C21H33N3O2.ClH/c1-22-12-9-16-10-13-24(14-11-16)15-20(25)23-21(17-3-4-17)18-5-7-19(26-2)8-6-18;/h5-8,16-17,21-22H,3-4,9-15H2,1-2H3,(H,23,25);1H. The molecular formula is C21H34ClN3O2. The van der Waals surface area contributed by atoms with Gasteiger partial charge in [-0.05, 0) is 88.3 Å². The van der Waals surface area contributed by atoms with Crippen molar-refractivity contribution in [1.29, 1.82) is 0 Å². The van der Waals surface area contributed by atoms with Crippen molar-refractivity contribution in [1.82, 2.24) is 15.5 Å². The van der Waals surface area contributed by atoms with E-state index in [2.05, 4.69) is 27.7 Å². The highest BCUT2D eigenvalue weighted by atomic mass is 35.5. The molecule has 1 unspecified atom stereocenters. The van der Waals surface area contributed by atoms with Gasteiger partial charge in [0.1, 0.15) is 5.75 Å². The molecular weight excluding hydrogens is 362 g/mol. The maximum atomic E-state index is 12.6. The molecule has 0 bridgehead atoms. The van der Waals surface area contributed by atoms with Gasteiger partial charge in [0.15, 0.2) is 0 Å². The van der Waals surface area contributed by atoms with Gasteiger partial charge in [0.05, 0.1) is 19.7 Å². The molecule has 2 N–H and O–H groups in total. The van der Waals surface area contributed by atoms with Gasteiger partial charge in [-0.2, -0.15) is 0 Å². The smallest absolute Gasteiger partial charge is 0.234 e. The molecule has 1 aliphatic heterocycles. The average molecular weight is 396 g/mol. The second-order valence-electron chi connectivity index (χ2n) is 7.77. The van der Waals surface area contributed by atoms with Crippen LogP contribution in [0, 0.1) is 11.8 Å². The largest absolute Gasteiger partial charge is 0.497 e. The van der Waals surface area contributed by atoms with E-state index in [1.807, 2.05) is 19.2 Å². The molecule has 1 saturated carbocycles. The Morgan fingerprint density at radius 2 is 1.85 bits per heavy atom. The normalized spacial score (nSPS) is 19.2. The maximum absolute atomic E-state index is 12.6. The zero-order chi connectivity index (χ0) is 18.4. The van der Waals surface area contributed by atoms with Crippen LogP contribution in [-0.2, 0) is 4.79 Å². The number of likely N-dealkylation sites (tertiary alicyclic amines) is 1. The van der Waals surface area contributed by atoms with Gasteiger partial charge < -0.3 is 15.4 Å². The number of halogens is 1. The molecule has 5 nitrogen and oxygen atoms in total. The first-order valence-corrected chi connectivity index (χ1v) is 10.00. The molecule has 1 heterocycles. The topological polar surface area (TPSA) is 53.6 Å². The molecule has 1 amide bonds. The number of nitrogens with zero attached hydrogens (tertiary/aromatic N) is 1. The Morgan fingerprint density at radius 3 is 2.41 bits per heavy atom. The second kappa shape index (κ2) is 10.9. The highest BCUT2D eigenvalue weighted by Crippen LogP contribution is 2.41. The monoisotopic (exact) mass is 395 g/mol. The zero-order valence-electron chi connectivity index (χ0n) is 16.6. The van der Waals surface area contributed by atoms with Crippen LogP contribution in [0.3, 0.4) is 0 Å². The van der Waals surface area contributed by atoms with E-state index >= 15 is 0 Å². The summed E-state index contributed by atoms with van der Waals surface area (Å²) < 4.78 is 5.24. The fraction of sp³-hybridized carbons (Fsp3) is 0.667. The predicted molar refractivity (Wildman–Crippen MR) is 112 cm³/mol. The number of carbonyl (C=O) groups is 1. The van der Waals surface area contributed by atoms with Crippen molar-refractivity contribution < 1.29 is 9.53 Å². The highest BCUT2D eigenvalue weighted by molar-refractivity contribution is 5.85. The Hall–Kier alpha value is -1.30. The highest BCUT2D eigenvalue weighted by Gasteiger charge is 2.33. The number of hydrogen-bond donors (Lipinski definition) is 2. The third-order valence-corrected chi connectivity index (χ3v) is 5.76. The van der Waals surface area contributed by atoms with Crippen LogP contribution in [0.15, 0.2) is 24.3 Å². The molecule has 1 saturated heterocycles. The van der Waals surface area contributed by atoms with Crippen LogP contribution >= 0.6 is 12.4 Å². The number of ether oxygens (including phenoxy) is 1. The Kier molecular flexibility index (Phi) is 8.87. The van der Waals surface area contributed by atoms with Crippen molar-refractivity contribution in [2.45, 2.75) is 38.1 Å². The minimum atomic E-state index is 0. The first-order valence-electron chi connectivity index (χ1n) is 10.00. The molecule has 2 aliphatic rings. The molecule has 2 fully saturated rings. The number of hydrogen-bond acceptors (Lipinski definition) is 4. The summed E-state index contributed by atoms with van der Waals surface area (Å²) in [5.74, 6) is 2.40. The maximum Gasteiger partial charge on any atom is 0.234 e. The number of nitrogens with one attached hydrogen (secondary N) is 2. The zero-order valence-corrected chi connectivity index (χ0v) is 17.4. The van der Waals surface area contributed by atoms with E-state index in [0.717, 1.165) is 31.3 Å². The fourth-order valence-electron chi connectivity index (χ4n) is 3.92. The van der Waals surface area contributed by atoms with E-state index in [1.54, 1.807) is 7.11 Å². The third-order valence-electron chi connectivity index (χ3n) is 5.76. The average Bonchev–Trinajstić information content (AvgIpc) is 3.51. The van der Waals surface area contributed by atoms with Crippen LogP contribution in [0.25, 0.3) is 0 Å². The van der Waals surface area contributed by atoms with Gasteiger partial charge in [-0.15, -0.1) is 12.4 Å². The Labute approximate surface area is 169 Å². The summed E-state index contributed by atoms with van der Waals surface area (Å²) in [6, 6.07) is 8.26. The number of benzene rings is 1. The molecule has 0 radical (unpaired) electrons. The quantitative estimate of drug-likeness (QED) is 0.674. The van der Waals surface area contributed by atoms with Crippen LogP contribution in [0.4, 0.5) is 0 Å². The van der Waals surface area contributed by atoms with Crippen LogP contribution in [-0.4, -0.2) is 51.1 Å². The van der Waals surface area contributed by atoms with Crippen molar-refractivity contribution in [2.75, 3.05) is 40.3 Å². The third kappa shape index (κ3) is 6.66. The van der Waals surface area contributed by atoms with Gasteiger partial charge in [0.2, 0.25) is 5.91 Å². The van der Waals surface area contributed by atoms with Gasteiger partial charge in [-0.25, -0.2) is 0 Å². The lowest BCUT2D eigenvalue weighted by Gasteiger charge is -2.32. The molecule has 1 aromatic carbocycles. The summed E-state index contributed by atoms with van der Waals surface area (Å²) in [5, 5.41) is 6.53. The number of methoxy groups -OCH3 is 1. The first kappa shape index (κ1) is 22.0. The van der Waals surface area contributed by atoms with E-state index in [1.165, 1.54) is 37.7 Å². The van der Waals surface area contributed by atoms with E-state index < -0.39 is 0 Å². The van der Waals surface area contributed by atoms with Crippen LogP contribution in [0.1, 0.15) is 43.7 Å². The summed E-state index contributed by atoms with van der Waals surface area (Å²) >= 11 is 0. The number of amides is 1. The summed E-state index contributed by atoms with van der Waals surface area (Å²) in [4.78, 5) is 14.9. The van der Waals surface area contributed by atoms with Crippen molar-refractivity contribution in [2.24, 2.45) is 11.8 Å². The van der Waals surface area contributed by atoms with Crippen LogP contribution in [0.5, 0.6) is 5.75 Å². The summed E-state index contributed by atoms with van der Waals surface area (Å²) in [6.07, 6.45) is 6.07. The lowest BCUT2D eigenvalue weighted by Crippen LogP contribution is -2.43. The van der Waals surface area contributed by atoms with Gasteiger partial charge in [-0.3, -0.25) is 9.69 Å². The Bertz CT molecular complexity index is 569. The number of rotatable bonds is 9. The Morgan fingerprint density at radius 1 is 1.19 bits per heavy atom. The van der Waals surface area contributed by atoms with Crippen molar-refractivity contribution in [3.63, 3.8) is 0 Å². The summed E-state index contributed by atoms with van der Waals surface area (Å²) in [6.45, 7) is 3.70. The molecule has 1 aliphatic carbocycles. The van der Waals surface area contributed by atoms with Gasteiger partial charge in [-0.1, -0.05) is 12.1 Å². The molecule has 1 aromatic rings. The van der Waals surface area contributed by atoms with Crippen molar-refractivity contribution in [3.05, 3.63) is 29.8 Å². The Balaban J connectivity index is 0.00000261.